The molecule has 0 aromatic rings. The first-order valence-electron chi connectivity index (χ1n) is 4.40. The summed E-state index contributed by atoms with van der Waals surface area (Å²) < 4.78 is 26.4. The Bertz CT molecular complexity index is 133. The van der Waals surface area contributed by atoms with Crippen molar-refractivity contribution < 1.29 is 8.78 Å². The molecule has 2 nitrogen and oxygen atoms in total. The Balaban J connectivity index is 2.41. The Morgan fingerprint density at radius 2 is 2.33 bits per heavy atom. The Kier molecular flexibility index (Phi) is 3.40. The smallest absolute Gasteiger partial charge is 0.264 e. The first-order chi connectivity index (χ1) is 5.67. The molecule has 0 amide bonds. The second-order valence-corrected chi connectivity index (χ2v) is 3.33. The summed E-state index contributed by atoms with van der Waals surface area (Å²) in [6.07, 6.45) is 1.51. The highest BCUT2D eigenvalue weighted by molar-refractivity contribution is 4.83. The van der Waals surface area contributed by atoms with Gasteiger partial charge in [-0.25, -0.2) is 8.78 Å². The maximum Gasteiger partial charge on any atom is 0.264 e. The number of rotatable bonds is 3. The lowest BCUT2D eigenvalue weighted by molar-refractivity contribution is -0.0618. The van der Waals surface area contributed by atoms with Gasteiger partial charge in [-0.3, -0.25) is 0 Å². The number of piperidine rings is 1. The third-order valence-electron chi connectivity index (χ3n) is 2.31. The molecule has 0 aromatic carbocycles. The molecule has 1 unspecified atom stereocenters. The summed E-state index contributed by atoms with van der Waals surface area (Å²) in [7, 11) is 1.56. The number of hydrogen-bond acceptors (Lipinski definition) is 2. The SMILES string of the molecule is CNCC(F)(F)C1CCCNC1. The summed E-state index contributed by atoms with van der Waals surface area (Å²) in [5.74, 6) is -3.04. The van der Waals surface area contributed by atoms with Crippen molar-refractivity contribution in [3.63, 3.8) is 0 Å². The minimum atomic E-state index is -2.55. The minimum Gasteiger partial charge on any atom is -0.316 e. The Morgan fingerprint density at radius 1 is 1.58 bits per heavy atom. The maximum atomic E-state index is 13.2. The van der Waals surface area contributed by atoms with Crippen LogP contribution >= 0.6 is 0 Å². The van der Waals surface area contributed by atoms with Gasteiger partial charge in [-0.05, 0) is 26.4 Å². The molecule has 0 aromatic heterocycles. The average molecular weight is 178 g/mol. The van der Waals surface area contributed by atoms with Gasteiger partial charge in [0, 0.05) is 12.5 Å². The lowest BCUT2D eigenvalue weighted by atomic mass is 9.93. The highest BCUT2D eigenvalue weighted by atomic mass is 19.3. The zero-order chi connectivity index (χ0) is 9.03. The van der Waals surface area contributed by atoms with E-state index in [0.29, 0.717) is 13.0 Å². The Hall–Kier alpha value is -0.220. The fraction of sp³-hybridized carbons (Fsp3) is 1.00. The first-order valence-corrected chi connectivity index (χ1v) is 4.40. The summed E-state index contributed by atoms with van der Waals surface area (Å²) in [5.41, 5.74) is 0. The molecule has 12 heavy (non-hydrogen) atoms. The van der Waals surface area contributed by atoms with Gasteiger partial charge < -0.3 is 10.6 Å². The van der Waals surface area contributed by atoms with Gasteiger partial charge in [0.05, 0.1) is 6.54 Å². The molecule has 1 saturated heterocycles. The second kappa shape index (κ2) is 4.14. The van der Waals surface area contributed by atoms with Crippen molar-refractivity contribution in [2.45, 2.75) is 18.8 Å². The quantitative estimate of drug-likeness (QED) is 0.669. The monoisotopic (exact) mass is 178 g/mol. The van der Waals surface area contributed by atoms with Crippen LogP contribution in [0, 0.1) is 5.92 Å². The molecule has 1 aliphatic rings. The molecule has 0 aliphatic carbocycles. The molecule has 0 spiro atoms. The number of halogens is 2. The van der Waals surface area contributed by atoms with Crippen molar-refractivity contribution in [3.8, 4) is 0 Å². The fourth-order valence-corrected chi connectivity index (χ4v) is 1.59. The largest absolute Gasteiger partial charge is 0.316 e. The number of nitrogens with one attached hydrogen (secondary N) is 2. The molecule has 72 valence electrons. The van der Waals surface area contributed by atoms with E-state index >= 15 is 0 Å². The van der Waals surface area contributed by atoms with Gasteiger partial charge in [-0.1, -0.05) is 0 Å². The van der Waals surface area contributed by atoms with Crippen molar-refractivity contribution in [3.05, 3.63) is 0 Å². The number of hydrogen-bond donors (Lipinski definition) is 2. The van der Waals surface area contributed by atoms with E-state index in [0.717, 1.165) is 13.0 Å². The van der Waals surface area contributed by atoms with E-state index in [9.17, 15) is 8.78 Å². The van der Waals surface area contributed by atoms with Crippen LogP contribution in [0.3, 0.4) is 0 Å². The third-order valence-corrected chi connectivity index (χ3v) is 2.31. The summed E-state index contributed by atoms with van der Waals surface area (Å²) in [5, 5.41) is 5.52. The highest BCUT2D eigenvalue weighted by Gasteiger charge is 2.38. The van der Waals surface area contributed by atoms with Gasteiger partial charge in [-0.15, -0.1) is 0 Å². The van der Waals surface area contributed by atoms with Gasteiger partial charge in [0.1, 0.15) is 0 Å². The molecule has 1 atom stereocenters. The lowest BCUT2D eigenvalue weighted by Crippen LogP contribution is -2.45. The molecule has 0 radical (unpaired) electrons. The third kappa shape index (κ3) is 2.38. The van der Waals surface area contributed by atoms with Crippen molar-refractivity contribution in [2.24, 2.45) is 5.92 Å². The lowest BCUT2D eigenvalue weighted by Gasteiger charge is -2.30. The van der Waals surface area contributed by atoms with Crippen LogP contribution in [0.5, 0.6) is 0 Å². The molecule has 1 rings (SSSR count). The molecular weight excluding hydrogens is 162 g/mol. The summed E-state index contributed by atoms with van der Waals surface area (Å²) in [6.45, 7) is 1.13. The van der Waals surface area contributed by atoms with Crippen molar-refractivity contribution in [1.82, 2.24) is 10.6 Å². The van der Waals surface area contributed by atoms with Crippen LogP contribution in [0.15, 0.2) is 0 Å². The summed E-state index contributed by atoms with van der Waals surface area (Å²) >= 11 is 0. The van der Waals surface area contributed by atoms with Crippen molar-refractivity contribution in [1.29, 1.82) is 0 Å². The minimum absolute atomic E-state index is 0.209. The molecule has 4 heteroatoms. The Morgan fingerprint density at radius 3 is 2.83 bits per heavy atom. The van der Waals surface area contributed by atoms with Gasteiger partial charge in [0.25, 0.3) is 5.92 Å². The predicted octanol–water partition coefficient (Wildman–Crippen LogP) is 0.841. The topological polar surface area (TPSA) is 24.1 Å². The normalized spacial score (nSPS) is 25.8. The van der Waals surface area contributed by atoms with E-state index in [-0.39, 0.29) is 6.54 Å². The highest BCUT2D eigenvalue weighted by Crippen LogP contribution is 2.28. The van der Waals surface area contributed by atoms with Crippen LogP contribution in [0.25, 0.3) is 0 Å². The van der Waals surface area contributed by atoms with E-state index in [4.69, 9.17) is 0 Å². The van der Waals surface area contributed by atoms with Crippen LogP contribution in [0.4, 0.5) is 8.78 Å². The van der Waals surface area contributed by atoms with Crippen molar-refractivity contribution >= 4 is 0 Å². The van der Waals surface area contributed by atoms with E-state index in [1.54, 1.807) is 7.05 Å². The van der Waals surface area contributed by atoms with Gasteiger partial charge >= 0.3 is 0 Å². The second-order valence-electron chi connectivity index (χ2n) is 3.33. The Labute approximate surface area is 71.7 Å². The molecule has 2 N–H and O–H groups in total. The molecule has 1 heterocycles. The van der Waals surface area contributed by atoms with Gasteiger partial charge in [0.15, 0.2) is 0 Å². The zero-order valence-corrected chi connectivity index (χ0v) is 7.37. The van der Waals surface area contributed by atoms with Crippen LogP contribution in [-0.4, -0.2) is 32.6 Å². The van der Waals surface area contributed by atoms with E-state index in [1.165, 1.54) is 0 Å². The van der Waals surface area contributed by atoms with Crippen LogP contribution < -0.4 is 10.6 Å². The summed E-state index contributed by atoms with van der Waals surface area (Å²) in [6, 6.07) is 0. The van der Waals surface area contributed by atoms with E-state index in [2.05, 4.69) is 10.6 Å². The molecular formula is C8H16F2N2. The maximum absolute atomic E-state index is 13.2. The average Bonchev–Trinajstić information content (AvgIpc) is 2.06. The molecule has 0 saturated carbocycles. The first kappa shape index (κ1) is 9.86. The standard InChI is InChI=1S/C8H16F2N2/c1-11-6-8(9,10)7-3-2-4-12-5-7/h7,11-12H,2-6H2,1H3. The number of alkyl halides is 2. The van der Waals surface area contributed by atoms with E-state index < -0.39 is 11.8 Å². The van der Waals surface area contributed by atoms with Crippen LogP contribution in [0.2, 0.25) is 0 Å². The fourth-order valence-electron chi connectivity index (χ4n) is 1.59. The molecule has 1 aliphatic heterocycles. The zero-order valence-electron chi connectivity index (χ0n) is 7.37. The summed E-state index contributed by atoms with van der Waals surface area (Å²) in [4.78, 5) is 0. The van der Waals surface area contributed by atoms with Crippen molar-refractivity contribution in [2.75, 3.05) is 26.7 Å². The van der Waals surface area contributed by atoms with Gasteiger partial charge in [0.2, 0.25) is 0 Å². The van der Waals surface area contributed by atoms with Crippen LogP contribution in [0.1, 0.15) is 12.8 Å². The van der Waals surface area contributed by atoms with Crippen LogP contribution in [-0.2, 0) is 0 Å². The predicted molar refractivity (Wildman–Crippen MR) is 44.5 cm³/mol. The molecule has 0 bridgehead atoms. The van der Waals surface area contributed by atoms with Gasteiger partial charge in [-0.2, -0.15) is 0 Å². The molecule has 1 fully saturated rings. The van der Waals surface area contributed by atoms with E-state index in [1.807, 2.05) is 0 Å².